The Bertz CT molecular complexity index is 809. The molecule has 1 heterocycles. The molecule has 0 saturated heterocycles. The Kier molecular flexibility index (Phi) is 4.44. The summed E-state index contributed by atoms with van der Waals surface area (Å²) in [4.78, 5) is 15.3. The van der Waals surface area contributed by atoms with Gasteiger partial charge in [0.15, 0.2) is 6.10 Å². The second-order valence-corrected chi connectivity index (χ2v) is 5.67. The Morgan fingerprint density at radius 2 is 1.96 bits per heavy atom. The summed E-state index contributed by atoms with van der Waals surface area (Å²) in [6.45, 7) is 2.56. The van der Waals surface area contributed by atoms with Crippen LogP contribution >= 0.6 is 0 Å². The smallest absolute Gasteiger partial charge is 0.253 e. The van der Waals surface area contributed by atoms with E-state index in [1.807, 2.05) is 18.3 Å². The number of nitrogens with one attached hydrogen (secondary N) is 2. The van der Waals surface area contributed by atoms with E-state index in [2.05, 4.69) is 29.4 Å². The average Bonchev–Trinajstić information content (AvgIpc) is 2.99. The Morgan fingerprint density at radius 3 is 2.74 bits per heavy atom. The first-order valence-corrected chi connectivity index (χ1v) is 7.73. The van der Waals surface area contributed by atoms with Gasteiger partial charge in [-0.05, 0) is 30.0 Å². The maximum atomic E-state index is 12.0. The van der Waals surface area contributed by atoms with Crippen molar-refractivity contribution < 1.29 is 9.90 Å². The van der Waals surface area contributed by atoms with Crippen molar-refractivity contribution in [1.82, 2.24) is 10.3 Å². The zero-order valence-electron chi connectivity index (χ0n) is 13.0. The second-order valence-electron chi connectivity index (χ2n) is 5.67. The maximum absolute atomic E-state index is 12.0. The molecule has 0 fully saturated rings. The Hall–Kier alpha value is -2.59. The molecule has 23 heavy (non-hydrogen) atoms. The van der Waals surface area contributed by atoms with Gasteiger partial charge >= 0.3 is 0 Å². The fourth-order valence-corrected chi connectivity index (χ4v) is 2.77. The number of benzene rings is 2. The van der Waals surface area contributed by atoms with E-state index in [0.29, 0.717) is 12.1 Å². The summed E-state index contributed by atoms with van der Waals surface area (Å²) < 4.78 is 0. The van der Waals surface area contributed by atoms with Crippen LogP contribution in [0.25, 0.3) is 10.9 Å². The van der Waals surface area contributed by atoms with Crippen LogP contribution in [0.5, 0.6) is 0 Å². The van der Waals surface area contributed by atoms with E-state index in [1.165, 1.54) is 16.5 Å². The Labute approximate surface area is 135 Å². The second kappa shape index (κ2) is 6.67. The van der Waals surface area contributed by atoms with E-state index in [0.717, 1.165) is 11.9 Å². The molecule has 3 N–H and O–H groups in total. The molecule has 1 aromatic heterocycles. The Morgan fingerprint density at radius 1 is 1.17 bits per heavy atom. The van der Waals surface area contributed by atoms with Crippen LogP contribution in [0.1, 0.15) is 22.8 Å². The van der Waals surface area contributed by atoms with Crippen LogP contribution in [0.4, 0.5) is 0 Å². The van der Waals surface area contributed by atoms with Gasteiger partial charge in [0.25, 0.3) is 5.91 Å². The van der Waals surface area contributed by atoms with Crippen molar-refractivity contribution in [3.63, 3.8) is 0 Å². The highest BCUT2D eigenvalue weighted by molar-refractivity contribution is 5.86. The van der Waals surface area contributed by atoms with Crippen molar-refractivity contribution in [2.24, 2.45) is 0 Å². The van der Waals surface area contributed by atoms with Crippen LogP contribution in [-0.2, 0) is 11.2 Å². The van der Waals surface area contributed by atoms with E-state index in [9.17, 15) is 9.90 Å². The van der Waals surface area contributed by atoms with Crippen molar-refractivity contribution in [1.29, 1.82) is 0 Å². The molecule has 1 amide bonds. The van der Waals surface area contributed by atoms with Crippen LogP contribution in [0.2, 0.25) is 0 Å². The number of aliphatic hydroxyl groups excluding tert-OH is 1. The topological polar surface area (TPSA) is 65.1 Å². The van der Waals surface area contributed by atoms with E-state index >= 15 is 0 Å². The lowest BCUT2D eigenvalue weighted by Gasteiger charge is -2.11. The number of para-hydroxylation sites is 1. The minimum atomic E-state index is -1.12. The van der Waals surface area contributed by atoms with Crippen LogP contribution in [-0.4, -0.2) is 22.5 Å². The molecule has 118 valence electrons. The molecule has 0 aliphatic rings. The number of aromatic nitrogens is 1. The molecule has 1 atom stereocenters. The lowest BCUT2D eigenvalue weighted by atomic mass is 10.1. The molecular weight excluding hydrogens is 288 g/mol. The van der Waals surface area contributed by atoms with Gasteiger partial charge in [-0.25, -0.2) is 0 Å². The summed E-state index contributed by atoms with van der Waals surface area (Å²) in [6.07, 6.45) is 1.58. The molecule has 4 heteroatoms. The number of carbonyl (C=O) groups excluding carboxylic acids is 1. The number of H-pyrrole nitrogens is 1. The maximum Gasteiger partial charge on any atom is 0.253 e. The van der Waals surface area contributed by atoms with Crippen molar-refractivity contribution in [2.45, 2.75) is 19.4 Å². The standard InChI is InChI=1S/C19H20N2O2/c1-13-6-5-9-16-15(12-21-17(13)16)10-11-20-19(23)18(22)14-7-3-2-4-8-14/h2-9,12,18,21-22H,10-11H2,1H3,(H,20,23). The van der Waals surface area contributed by atoms with E-state index in [1.54, 1.807) is 24.3 Å². The molecule has 0 aliphatic carbocycles. The first-order chi connectivity index (χ1) is 11.2. The summed E-state index contributed by atoms with van der Waals surface area (Å²) in [7, 11) is 0. The molecule has 1 unspecified atom stereocenters. The summed E-state index contributed by atoms with van der Waals surface area (Å²) in [5.41, 5.74) is 4.11. The molecule has 3 rings (SSSR count). The number of hydrogen-bond acceptors (Lipinski definition) is 2. The van der Waals surface area contributed by atoms with Gasteiger partial charge in [-0.3, -0.25) is 4.79 Å². The van der Waals surface area contributed by atoms with Crippen molar-refractivity contribution >= 4 is 16.8 Å². The molecule has 0 radical (unpaired) electrons. The fraction of sp³-hybridized carbons (Fsp3) is 0.211. The third-order valence-electron chi connectivity index (χ3n) is 4.07. The monoisotopic (exact) mass is 308 g/mol. The average molecular weight is 308 g/mol. The van der Waals surface area contributed by atoms with Crippen LogP contribution < -0.4 is 5.32 Å². The van der Waals surface area contributed by atoms with E-state index in [4.69, 9.17) is 0 Å². The molecule has 4 nitrogen and oxygen atoms in total. The zero-order valence-corrected chi connectivity index (χ0v) is 13.0. The van der Waals surface area contributed by atoms with Gasteiger partial charge in [-0.2, -0.15) is 0 Å². The summed E-state index contributed by atoms with van der Waals surface area (Å²) in [5.74, 6) is -0.368. The first kappa shape index (κ1) is 15.3. The number of fused-ring (bicyclic) bond motifs is 1. The SMILES string of the molecule is Cc1cccc2c(CCNC(=O)C(O)c3ccccc3)c[nH]c12. The first-order valence-electron chi connectivity index (χ1n) is 7.73. The van der Waals surface area contributed by atoms with E-state index in [-0.39, 0.29) is 5.91 Å². The van der Waals surface area contributed by atoms with Gasteiger partial charge in [0.05, 0.1) is 0 Å². The van der Waals surface area contributed by atoms with Gasteiger partial charge in [0.1, 0.15) is 0 Å². The van der Waals surface area contributed by atoms with E-state index < -0.39 is 6.10 Å². The number of carbonyl (C=O) groups is 1. The van der Waals surface area contributed by atoms with Gasteiger partial charge in [0.2, 0.25) is 0 Å². The molecule has 0 aliphatic heterocycles. The number of hydrogen-bond donors (Lipinski definition) is 3. The Balaban J connectivity index is 1.60. The lowest BCUT2D eigenvalue weighted by molar-refractivity contribution is -0.129. The van der Waals surface area contributed by atoms with Crippen molar-refractivity contribution in [3.8, 4) is 0 Å². The normalized spacial score (nSPS) is 12.3. The molecule has 0 spiro atoms. The van der Waals surface area contributed by atoms with Gasteiger partial charge < -0.3 is 15.4 Å². The molecular formula is C19H20N2O2. The molecule has 0 saturated carbocycles. The highest BCUT2D eigenvalue weighted by Gasteiger charge is 2.16. The van der Waals surface area contributed by atoms with Gasteiger partial charge in [0, 0.05) is 23.6 Å². The number of amides is 1. The third kappa shape index (κ3) is 3.27. The van der Waals surface area contributed by atoms with Crippen molar-refractivity contribution in [3.05, 3.63) is 71.4 Å². The summed E-state index contributed by atoms with van der Waals surface area (Å²) in [6, 6.07) is 15.1. The fourth-order valence-electron chi connectivity index (χ4n) is 2.77. The minimum absolute atomic E-state index is 0.368. The number of rotatable bonds is 5. The van der Waals surface area contributed by atoms with Crippen LogP contribution in [0.15, 0.2) is 54.7 Å². The number of aromatic amines is 1. The third-order valence-corrected chi connectivity index (χ3v) is 4.07. The number of aryl methyl sites for hydroxylation is 1. The highest BCUT2D eigenvalue weighted by atomic mass is 16.3. The quantitative estimate of drug-likeness (QED) is 0.678. The van der Waals surface area contributed by atoms with Crippen LogP contribution in [0.3, 0.4) is 0 Å². The largest absolute Gasteiger partial charge is 0.378 e. The highest BCUT2D eigenvalue weighted by Crippen LogP contribution is 2.21. The molecule has 2 aromatic carbocycles. The lowest BCUT2D eigenvalue weighted by Crippen LogP contribution is -2.30. The molecule has 3 aromatic rings. The van der Waals surface area contributed by atoms with Crippen LogP contribution in [0, 0.1) is 6.92 Å². The predicted molar refractivity (Wildman–Crippen MR) is 91.2 cm³/mol. The predicted octanol–water partition coefficient (Wildman–Crippen LogP) is 2.87. The summed E-state index contributed by atoms with van der Waals surface area (Å²) in [5, 5.41) is 14.0. The zero-order chi connectivity index (χ0) is 16.2. The van der Waals surface area contributed by atoms with Crippen molar-refractivity contribution in [2.75, 3.05) is 6.54 Å². The summed E-state index contributed by atoms with van der Waals surface area (Å²) >= 11 is 0. The minimum Gasteiger partial charge on any atom is -0.378 e. The van der Waals surface area contributed by atoms with Gasteiger partial charge in [-0.1, -0.05) is 48.5 Å². The molecule has 0 bridgehead atoms. The van der Waals surface area contributed by atoms with Gasteiger partial charge in [-0.15, -0.1) is 0 Å². The number of aliphatic hydroxyl groups is 1.